The Kier molecular flexibility index (Phi) is 3.40. The number of hydrogen-bond donors (Lipinski definition) is 2. The average Bonchev–Trinajstić information content (AvgIpc) is 2.84. The lowest BCUT2D eigenvalue weighted by Gasteiger charge is -2.24. The summed E-state index contributed by atoms with van der Waals surface area (Å²) >= 11 is 0. The molecule has 0 atom stereocenters. The highest BCUT2D eigenvalue weighted by Crippen LogP contribution is 2.27. The van der Waals surface area contributed by atoms with E-state index in [1.165, 1.54) is 0 Å². The molecule has 0 unspecified atom stereocenters. The average molecular weight is 234 g/mol. The quantitative estimate of drug-likeness (QED) is 0.701. The van der Waals surface area contributed by atoms with E-state index < -0.39 is 21.5 Å². The Morgan fingerprint density at radius 1 is 1.40 bits per heavy atom. The Bertz CT molecular complexity index is 344. The van der Waals surface area contributed by atoms with E-state index in [1.807, 2.05) is 6.92 Å². The van der Waals surface area contributed by atoms with Crippen molar-refractivity contribution in [1.82, 2.24) is 10.0 Å². The maximum absolute atomic E-state index is 11.6. The van der Waals surface area contributed by atoms with Crippen molar-refractivity contribution in [2.75, 3.05) is 6.54 Å². The monoisotopic (exact) mass is 234 g/mol. The van der Waals surface area contributed by atoms with Gasteiger partial charge in [-0.25, -0.2) is 8.42 Å². The van der Waals surface area contributed by atoms with E-state index in [0.29, 0.717) is 19.4 Å². The van der Waals surface area contributed by atoms with E-state index in [0.717, 1.165) is 0 Å². The largest absolute Gasteiger partial charge is 0.304 e. The van der Waals surface area contributed by atoms with Gasteiger partial charge in [-0.3, -0.25) is 9.52 Å². The minimum Gasteiger partial charge on any atom is -0.304 e. The van der Waals surface area contributed by atoms with Crippen molar-refractivity contribution in [3.63, 3.8) is 0 Å². The van der Waals surface area contributed by atoms with Crippen LogP contribution in [0.15, 0.2) is 0 Å². The Balaban J connectivity index is 2.62. The molecular weight excluding hydrogens is 216 g/mol. The van der Waals surface area contributed by atoms with Crippen LogP contribution in [-0.2, 0) is 14.8 Å². The molecule has 2 N–H and O–H groups in total. The zero-order valence-corrected chi connectivity index (χ0v) is 10.1. The molecule has 0 radical (unpaired) electrons. The van der Waals surface area contributed by atoms with Crippen molar-refractivity contribution in [2.24, 2.45) is 0 Å². The number of carbonyl (C=O) groups is 1. The minimum absolute atomic E-state index is 0.362. The number of amides is 1. The third kappa shape index (κ3) is 3.17. The Morgan fingerprint density at radius 2 is 1.93 bits per heavy atom. The first-order valence-corrected chi connectivity index (χ1v) is 6.65. The van der Waals surface area contributed by atoms with E-state index in [9.17, 15) is 13.2 Å². The first-order chi connectivity index (χ1) is 6.79. The molecule has 1 amide bonds. The molecule has 88 valence electrons. The summed E-state index contributed by atoms with van der Waals surface area (Å²) in [6, 6.07) is 0. The molecule has 0 bridgehead atoms. The first-order valence-electron chi connectivity index (χ1n) is 5.10. The molecule has 6 heteroatoms. The van der Waals surface area contributed by atoms with Crippen molar-refractivity contribution in [3.05, 3.63) is 0 Å². The van der Waals surface area contributed by atoms with Crippen LogP contribution in [-0.4, -0.2) is 31.7 Å². The highest BCUT2D eigenvalue weighted by molar-refractivity contribution is 7.90. The van der Waals surface area contributed by atoms with Crippen LogP contribution in [0.1, 0.15) is 33.6 Å². The lowest BCUT2D eigenvalue weighted by Crippen LogP contribution is -2.54. The van der Waals surface area contributed by atoms with E-state index in [1.54, 1.807) is 13.8 Å². The van der Waals surface area contributed by atoms with E-state index in [4.69, 9.17) is 0 Å². The van der Waals surface area contributed by atoms with Gasteiger partial charge in [0.1, 0.15) is 0 Å². The summed E-state index contributed by atoms with van der Waals surface area (Å²) in [6.07, 6.45) is 1.31. The van der Waals surface area contributed by atoms with Crippen LogP contribution in [0.5, 0.6) is 0 Å². The molecule has 15 heavy (non-hydrogen) atoms. The molecule has 0 saturated heterocycles. The normalized spacial score (nSPS) is 17.5. The molecule has 0 aromatic carbocycles. The smallest absolute Gasteiger partial charge is 0.253 e. The van der Waals surface area contributed by atoms with Crippen LogP contribution in [0, 0.1) is 0 Å². The van der Waals surface area contributed by atoms with Gasteiger partial charge in [-0.2, -0.15) is 0 Å². The fourth-order valence-electron chi connectivity index (χ4n) is 1.24. The summed E-state index contributed by atoms with van der Waals surface area (Å²) < 4.78 is 25.1. The topological polar surface area (TPSA) is 75.3 Å². The van der Waals surface area contributed by atoms with Gasteiger partial charge in [0.2, 0.25) is 10.0 Å². The van der Waals surface area contributed by atoms with Crippen molar-refractivity contribution < 1.29 is 13.2 Å². The molecule has 1 aliphatic rings. The molecule has 1 fully saturated rings. The van der Waals surface area contributed by atoms with Crippen LogP contribution in [0.25, 0.3) is 0 Å². The molecule has 0 heterocycles. The van der Waals surface area contributed by atoms with Gasteiger partial charge in [0.15, 0.2) is 0 Å². The predicted octanol–water partition coefficient (Wildman–Crippen LogP) is -0.0171. The summed E-state index contributed by atoms with van der Waals surface area (Å²) in [5.74, 6) is -0.490. The number of sulfonamides is 1. The Hall–Kier alpha value is -0.620. The van der Waals surface area contributed by atoms with Gasteiger partial charge in [0.05, 0.1) is 10.8 Å². The van der Waals surface area contributed by atoms with Gasteiger partial charge in [0, 0.05) is 0 Å². The lowest BCUT2D eigenvalue weighted by atomic mass is 10.1. The van der Waals surface area contributed by atoms with E-state index in [-0.39, 0.29) is 5.25 Å². The molecule has 0 aromatic rings. The molecule has 0 spiro atoms. The van der Waals surface area contributed by atoms with Gasteiger partial charge >= 0.3 is 0 Å². The van der Waals surface area contributed by atoms with Gasteiger partial charge < -0.3 is 5.32 Å². The molecule has 5 nitrogen and oxygen atoms in total. The SMILES string of the molecule is CCNC(C)(C)C(=O)NS(=O)(=O)C1CC1. The number of hydrogen-bond acceptors (Lipinski definition) is 4. The van der Waals surface area contributed by atoms with Crippen molar-refractivity contribution in [1.29, 1.82) is 0 Å². The van der Waals surface area contributed by atoms with Crippen LogP contribution in [0.3, 0.4) is 0 Å². The molecule has 0 aromatic heterocycles. The van der Waals surface area contributed by atoms with Gasteiger partial charge in [-0.15, -0.1) is 0 Å². The predicted molar refractivity (Wildman–Crippen MR) is 57.8 cm³/mol. The van der Waals surface area contributed by atoms with Crippen molar-refractivity contribution in [3.8, 4) is 0 Å². The van der Waals surface area contributed by atoms with Gasteiger partial charge in [-0.05, 0) is 33.2 Å². The maximum Gasteiger partial charge on any atom is 0.253 e. The Morgan fingerprint density at radius 3 is 2.33 bits per heavy atom. The van der Waals surface area contributed by atoms with Crippen LogP contribution in [0.2, 0.25) is 0 Å². The molecular formula is C9H18N2O3S. The third-order valence-electron chi connectivity index (χ3n) is 2.38. The van der Waals surface area contributed by atoms with Gasteiger partial charge in [0.25, 0.3) is 5.91 Å². The van der Waals surface area contributed by atoms with Crippen LogP contribution >= 0.6 is 0 Å². The Labute approximate surface area is 90.7 Å². The molecule has 1 saturated carbocycles. The highest BCUT2D eigenvalue weighted by atomic mass is 32.2. The second-order valence-corrected chi connectivity index (χ2v) is 6.29. The van der Waals surface area contributed by atoms with Crippen LogP contribution in [0.4, 0.5) is 0 Å². The van der Waals surface area contributed by atoms with E-state index in [2.05, 4.69) is 10.0 Å². The van der Waals surface area contributed by atoms with Gasteiger partial charge in [-0.1, -0.05) is 6.92 Å². The van der Waals surface area contributed by atoms with Crippen molar-refractivity contribution >= 4 is 15.9 Å². The molecule has 0 aliphatic heterocycles. The van der Waals surface area contributed by atoms with Crippen LogP contribution < -0.4 is 10.0 Å². The summed E-state index contributed by atoms with van der Waals surface area (Å²) in [4.78, 5) is 11.6. The molecule has 1 aliphatic carbocycles. The fraction of sp³-hybridized carbons (Fsp3) is 0.889. The maximum atomic E-state index is 11.6. The fourth-order valence-corrected chi connectivity index (χ4v) is 2.68. The minimum atomic E-state index is -3.43. The second kappa shape index (κ2) is 4.09. The highest BCUT2D eigenvalue weighted by Gasteiger charge is 2.39. The van der Waals surface area contributed by atoms with Crippen molar-refractivity contribution in [2.45, 2.75) is 44.4 Å². The van der Waals surface area contributed by atoms with E-state index >= 15 is 0 Å². The first kappa shape index (κ1) is 12.4. The number of rotatable bonds is 5. The standard InChI is InChI=1S/C9H18N2O3S/c1-4-10-9(2,3)8(12)11-15(13,14)7-5-6-7/h7,10H,4-6H2,1-3H3,(H,11,12). The number of nitrogens with one attached hydrogen (secondary N) is 2. The summed E-state index contributed by atoms with van der Waals surface area (Å²) in [6.45, 7) is 5.80. The summed E-state index contributed by atoms with van der Waals surface area (Å²) in [7, 11) is -3.43. The number of likely N-dealkylation sites (N-methyl/N-ethyl adjacent to an activating group) is 1. The summed E-state index contributed by atoms with van der Waals surface area (Å²) in [5, 5.41) is 2.56. The number of carbonyl (C=O) groups excluding carboxylic acids is 1. The second-order valence-electron chi connectivity index (χ2n) is 4.33. The zero-order chi connectivity index (χ0) is 11.7. The third-order valence-corrected chi connectivity index (χ3v) is 4.20. The lowest BCUT2D eigenvalue weighted by molar-refractivity contribution is -0.124. The molecule has 1 rings (SSSR count). The zero-order valence-electron chi connectivity index (χ0n) is 9.33. The summed E-state index contributed by atoms with van der Waals surface area (Å²) in [5.41, 5.74) is -0.850.